The van der Waals surface area contributed by atoms with E-state index in [0.717, 1.165) is 18.7 Å². The number of carbonyl (C=O) groups excluding carboxylic acids is 1. The number of primary sulfonamides is 2. The van der Waals surface area contributed by atoms with E-state index >= 15 is 0 Å². The van der Waals surface area contributed by atoms with E-state index in [1.165, 1.54) is 36.4 Å². The smallest absolute Gasteiger partial charge is 0.323 e. The third kappa shape index (κ3) is 7.64. The Balaban J connectivity index is 1.44. The predicted octanol–water partition coefficient (Wildman–Crippen LogP) is 1.94. The second kappa shape index (κ2) is 11.7. The van der Waals surface area contributed by atoms with E-state index in [0.29, 0.717) is 35.7 Å². The number of nitrogens with zero attached hydrogens (tertiary/aromatic N) is 2. The number of amides is 2. The lowest BCUT2D eigenvalue weighted by Crippen LogP contribution is -2.47. The summed E-state index contributed by atoms with van der Waals surface area (Å²) in [5.41, 5.74) is 2.71. The molecule has 0 aliphatic carbocycles. The van der Waals surface area contributed by atoms with E-state index in [1.807, 2.05) is 30.1 Å². The van der Waals surface area contributed by atoms with Crippen molar-refractivity contribution < 1.29 is 21.6 Å². The number of hydrogen-bond donors (Lipinski definition) is 5. The van der Waals surface area contributed by atoms with Gasteiger partial charge < -0.3 is 15.5 Å². The molecule has 1 heterocycles. The Kier molecular flexibility index (Phi) is 8.56. The highest BCUT2D eigenvalue weighted by Gasteiger charge is 2.19. The molecule has 1 fully saturated rings. The van der Waals surface area contributed by atoms with Crippen LogP contribution in [0.2, 0.25) is 0 Å². The minimum Gasteiger partial charge on any atom is -0.354 e. The third-order valence-electron chi connectivity index (χ3n) is 6.39. The topological polar surface area (TPSA) is 192 Å². The Morgan fingerprint density at radius 2 is 1.55 bits per heavy atom. The maximum Gasteiger partial charge on any atom is 0.323 e. The van der Waals surface area contributed by atoms with E-state index in [-0.39, 0.29) is 21.9 Å². The molecule has 0 spiro atoms. The predicted molar refractivity (Wildman–Crippen MR) is 153 cm³/mol. The Morgan fingerprint density at radius 3 is 2.17 bits per heavy atom. The van der Waals surface area contributed by atoms with E-state index in [2.05, 4.69) is 15.5 Å². The number of urea groups is 1. The van der Waals surface area contributed by atoms with Crippen molar-refractivity contribution in [1.29, 1.82) is 5.41 Å². The number of carbonyl (C=O) groups is 1. The summed E-state index contributed by atoms with van der Waals surface area (Å²) in [5.74, 6) is 0.541. The van der Waals surface area contributed by atoms with Crippen LogP contribution in [0.25, 0.3) is 0 Å². The summed E-state index contributed by atoms with van der Waals surface area (Å²) in [6.07, 6.45) is 0.153. The van der Waals surface area contributed by atoms with Gasteiger partial charge in [0, 0.05) is 31.0 Å². The van der Waals surface area contributed by atoms with Crippen LogP contribution in [0, 0.1) is 5.41 Å². The van der Waals surface area contributed by atoms with Crippen molar-refractivity contribution in [2.75, 3.05) is 37.3 Å². The molecule has 212 valence electrons. The van der Waals surface area contributed by atoms with Gasteiger partial charge in [-0.15, -0.1) is 0 Å². The number of nitrogens with one attached hydrogen (secondary N) is 3. The lowest BCUT2D eigenvalue weighted by atomic mass is 10.0. The van der Waals surface area contributed by atoms with E-state index in [4.69, 9.17) is 15.7 Å². The molecule has 1 saturated heterocycles. The van der Waals surface area contributed by atoms with E-state index in [9.17, 15) is 21.6 Å². The molecule has 1 aliphatic heterocycles. The fraction of sp³-hybridized carbons (Fsp3) is 0.231. The van der Waals surface area contributed by atoms with Crippen molar-refractivity contribution in [2.24, 2.45) is 10.3 Å². The van der Waals surface area contributed by atoms with Crippen LogP contribution in [0.15, 0.2) is 76.5 Å². The Labute approximate surface area is 233 Å². The SMILES string of the molecule is CN1CCN(Cc2cccc(NC(=O)Nc3ccc(Cc4ccc(S(N)(=O)=O)cc4)c(S(N)(=O)=O)c3)c2)C(=N)C1. The first-order valence-electron chi connectivity index (χ1n) is 12.2. The molecule has 2 amide bonds. The summed E-state index contributed by atoms with van der Waals surface area (Å²) in [6.45, 7) is 2.75. The highest BCUT2D eigenvalue weighted by Crippen LogP contribution is 2.24. The van der Waals surface area contributed by atoms with Gasteiger partial charge in [0.15, 0.2) is 0 Å². The molecule has 0 radical (unpaired) electrons. The molecule has 0 saturated carbocycles. The second-order valence-corrected chi connectivity index (χ2v) is 12.7. The minimum atomic E-state index is -4.14. The second-order valence-electron chi connectivity index (χ2n) is 9.62. The van der Waals surface area contributed by atoms with Gasteiger partial charge in [0.1, 0.15) is 5.84 Å². The molecule has 14 heteroatoms. The van der Waals surface area contributed by atoms with Crippen LogP contribution >= 0.6 is 0 Å². The van der Waals surface area contributed by atoms with Crippen molar-refractivity contribution in [3.05, 3.63) is 83.4 Å². The number of anilines is 2. The van der Waals surface area contributed by atoms with Gasteiger partial charge in [0.2, 0.25) is 20.0 Å². The number of hydrogen-bond acceptors (Lipinski definition) is 7. The number of piperazine rings is 1. The Morgan fingerprint density at radius 1 is 0.875 bits per heavy atom. The molecule has 12 nitrogen and oxygen atoms in total. The minimum absolute atomic E-state index is 0.0576. The number of nitrogens with two attached hydrogens (primary N) is 2. The van der Waals surface area contributed by atoms with Crippen LogP contribution in [0.5, 0.6) is 0 Å². The highest BCUT2D eigenvalue weighted by atomic mass is 32.2. The standard InChI is InChI=1S/C26H31N7O5S2/c1-32-11-12-33(25(27)17-32)16-19-3-2-4-21(14-19)30-26(34)31-22-8-7-20(24(15-22)40(29,37)38)13-18-5-9-23(10-6-18)39(28,35)36/h2-10,14-15,27H,11-13,16-17H2,1H3,(H2,28,35,36)(H2,29,37,38)(H2,30,31,34). The number of rotatable bonds is 8. The maximum absolute atomic E-state index is 12.7. The van der Waals surface area contributed by atoms with Gasteiger partial charge in [-0.1, -0.05) is 30.3 Å². The highest BCUT2D eigenvalue weighted by molar-refractivity contribution is 7.89. The molecule has 0 atom stereocenters. The Hall–Kier alpha value is -3.82. The van der Waals surface area contributed by atoms with Gasteiger partial charge in [-0.05, 0) is 66.6 Å². The van der Waals surface area contributed by atoms with Gasteiger partial charge in [0.25, 0.3) is 0 Å². The van der Waals surface area contributed by atoms with Crippen LogP contribution in [-0.2, 0) is 33.0 Å². The van der Waals surface area contributed by atoms with Gasteiger partial charge in [-0.2, -0.15) is 0 Å². The fourth-order valence-corrected chi connectivity index (χ4v) is 5.67. The summed E-state index contributed by atoms with van der Waals surface area (Å²) in [6, 6.07) is 16.8. The van der Waals surface area contributed by atoms with Crippen LogP contribution in [0.4, 0.5) is 16.2 Å². The van der Waals surface area contributed by atoms with Crippen LogP contribution in [-0.4, -0.2) is 65.2 Å². The van der Waals surface area contributed by atoms with E-state index in [1.54, 1.807) is 12.1 Å². The van der Waals surface area contributed by atoms with Gasteiger partial charge in [0.05, 0.1) is 16.3 Å². The molecule has 0 aromatic heterocycles. The number of likely N-dealkylation sites (N-methyl/N-ethyl adjacent to an activating group) is 1. The first-order valence-corrected chi connectivity index (χ1v) is 15.3. The lowest BCUT2D eigenvalue weighted by molar-refractivity contribution is 0.258. The van der Waals surface area contributed by atoms with Crippen LogP contribution < -0.4 is 20.9 Å². The van der Waals surface area contributed by atoms with Gasteiger partial charge in [-0.3, -0.25) is 10.3 Å². The monoisotopic (exact) mass is 585 g/mol. The summed E-state index contributed by atoms with van der Waals surface area (Å²) in [5, 5.41) is 24.2. The van der Waals surface area contributed by atoms with E-state index < -0.39 is 26.1 Å². The number of amidine groups is 1. The van der Waals surface area contributed by atoms with Crippen molar-refractivity contribution in [3.63, 3.8) is 0 Å². The lowest BCUT2D eigenvalue weighted by Gasteiger charge is -2.34. The first kappa shape index (κ1) is 29.2. The average Bonchev–Trinajstić information content (AvgIpc) is 2.86. The summed E-state index contributed by atoms with van der Waals surface area (Å²) < 4.78 is 47.6. The van der Waals surface area contributed by atoms with Crippen LogP contribution in [0.1, 0.15) is 16.7 Å². The molecule has 4 rings (SSSR count). The number of sulfonamides is 2. The Bertz CT molecular complexity index is 1640. The molecular weight excluding hydrogens is 554 g/mol. The maximum atomic E-state index is 12.7. The van der Waals surface area contributed by atoms with Crippen LogP contribution in [0.3, 0.4) is 0 Å². The van der Waals surface area contributed by atoms with Crippen molar-refractivity contribution in [1.82, 2.24) is 9.80 Å². The summed E-state index contributed by atoms with van der Waals surface area (Å²) in [4.78, 5) is 16.6. The normalized spacial score (nSPS) is 14.7. The first-order chi connectivity index (χ1) is 18.8. The van der Waals surface area contributed by atoms with Crippen molar-refractivity contribution in [3.8, 4) is 0 Å². The molecular formula is C26H31N7O5S2. The van der Waals surface area contributed by atoms with Crippen molar-refractivity contribution >= 4 is 43.3 Å². The molecule has 0 bridgehead atoms. The fourth-order valence-electron chi connectivity index (χ4n) is 4.36. The third-order valence-corrected chi connectivity index (χ3v) is 8.31. The molecule has 3 aromatic rings. The van der Waals surface area contributed by atoms with Gasteiger partial charge in [-0.25, -0.2) is 31.9 Å². The zero-order chi connectivity index (χ0) is 29.1. The molecule has 1 aliphatic rings. The zero-order valence-electron chi connectivity index (χ0n) is 21.8. The summed E-state index contributed by atoms with van der Waals surface area (Å²) in [7, 11) is -6.02. The van der Waals surface area contributed by atoms with Gasteiger partial charge >= 0.3 is 6.03 Å². The molecule has 3 aromatic carbocycles. The molecule has 0 unspecified atom stereocenters. The quantitative estimate of drug-likeness (QED) is 0.267. The molecule has 40 heavy (non-hydrogen) atoms. The average molecular weight is 586 g/mol. The molecule has 7 N–H and O–H groups in total. The number of benzene rings is 3. The summed E-state index contributed by atoms with van der Waals surface area (Å²) >= 11 is 0. The van der Waals surface area contributed by atoms with Crippen molar-refractivity contribution in [2.45, 2.75) is 22.8 Å². The zero-order valence-corrected chi connectivity index (χ0v) is 23.4. The largest absolute Gasteiger partial charge is 0.354 e.